The van der Waals surface area contributed by atoms with Crippen molar-refractivity contribution in [2.24, 2.45) is 0 Å². The second kappa shape index (κ2) is 8.29. The van der Waals surface area contributed by atoms with Crippen molar-refractivity contribution >= 4 is 27.6 Å². The predicted molar refractivity (Wildman–Crippen MR) is 101 cm³/mol. The molecular weight excluding hydrogens is 386 g/mol. The van der Waals surface area contributed by atoms with E-state index in [0.717, 1.165) is 12.8 Å². The van der Waals surface area contributed by atoms with E-state index >= 15 is 0 Å². The molecule has 0 saturated carbocycles. The fourth-order valence-corrected chi connectivity index (χ4v) is 5.01. The first kappa shape index (κ1) is 20.3. The van der Waals surface area contributed by atoms with Gasteiger partial charge in [0.25, 0.3) is 5.91 Å². The monoisotopic (exact) mass is 409 g/mol. The van der Waals surface area contributed by atoms with Crippen molar-refractivity contribution in [3.63, 3.8) is 0 Å². The summed E-state index contributed by atoms with van der Waals surface area (Å²) in [6.45, 7) is 0.688. The lowest BCUT2D eigenvalue weighted by Crippen LogP contribution is -2.32. The molecule has 0 atom stereocenters. The van der Waals surface area contributed by atoms with Crippen LogP contribution in [-0.2, 0) is 24.3 Å². The molecule has 28 heavy (non-hydrogen) atoms. The minimum absolute atomic E-state index is 0.0184. The van der Waals surface area contributed by atoms with E-state index in [1.807, 2.05) is 0 Å². The maximum atomic E-state index is 13.0. The Morgan fingerprint density at radius 3 is 2.57 bits per heavy atom. The van der Waals surface area contributed by atoms with E-state index in [0.29, 0.717) is 13.1 Å². The average molecular weight is 409 g/mol. The third-order valence-electron chi connectivity index (χ3n) is 4.78. The van der Waals surface area contributed by atoms with Gasteiger partial charge in [0, 0.05) is 19.6 Å². The number of aliphatic hydroxyl groups is 1. The molecule has 9 nitrogen and oxygen atoms in total. The molecule has 3 rings (SSSR count). The molecule has 152 valence electrons. The predicted octanol–water partition coefficient (Wildman–Crippen LogP) is 0.145. The molecule has 0 bridgehead atoms. The molecule has 1 amide bonds. The van der Waals surface area contributed by atoms with Gasteiger partial charge < -0.3 is 20.1 Å². The van der Waals surface area contributed by atoms with E-state index in [9.17, 15) is 18.0 Å². The lowest BCUT2D eigenvalue weighted by Gasteiger charge is -2.19. The normalized spacial score (nSPS) is 18.1. The fraction of sp³-hybridized carbons (Fsp3) is 0.444. The second-order valence-electron chi connectivity index (χ2n) is 6.53. The first-order valence-corrected chi connectivity index (χ1v) is 10.4. The van der Waals surface area contributed by atoms with Gasteiger partial charge in [-0.1, -0.05) is 12.1 Å². The Morgan fingerprint density at radius 2 is 1.93 bits per heavy atom. The van der Waals surface area contributed by atoms with Gasteiger partial charge in [-0.15, -0.1) is 0 Å². The lowest BCUT2D eigenvalue weighted by molar-refractivity contribution is -0.136. The topological polar surface area (TPSA) is 116 Å². The number of rotatable bonds is 7. The minimum Gasteiger partial charge on any atom is -0.466 e. The number of esters is 1. The first-order chi connectivity index (χ1) is 13.4. The first-order valence-electron chi connectivity index (χ1n) is 8.98. The number of anilines is 1. The van der Waals surface area contributed by atoms with E-state index in [1.54, 1.807) is 18.2 Å². The lowest BCUT2D eigenvalue weighted by atomic mass is 10.2. The quantitative estimate of drug-likeness (QED) is 0.616. The second-order valence-corrected chi connectivity index (χ2v) is 8.43. The van der Waals surface area contributed by atoms with Crippen LogP contribution in [0, 0.1) is 0 Å². The molecule has 2 aliphatic rings. The van der Waals surface area contributed by atoms with Gasteiger partial charge in [-0.05, 0) is 25.0 Å². The van der Waals surface area contributed by atoms with Crippen LogP contribution in [0.3, 0.4) is 0 Å². The zero-order chi connectivity index (χ0) is 20.3. The van der Waals surface area contributed by atoms with E-state index in [2.05, 4.69) is 5.32 Å². The van der Waals surface area contributed by atoms with Crippen molar-refractivity contribution in [2.75, 3.05) is 45.2 Å². The van der Waals surface area contributed by atoms with Crippen LogP contribution in [0.25, 0.3) is 0 Å². The number of hydrogen-bond donors (Lipinski definition) is 2. The third kappa shape index (κ3) is 3.75. The summed E-state index contributed by atoms with van der Waals surface area (Å²) in [4.78, 5) is 26.1. The van der Waals surface area contributed by atoms with Crippen molar-refractivity contribution in [1.29, 1.82) is 0 Å². The number of β-amino-alcohol motifs (C(OH)–C–C–N with tert-alkyl or cyclic N) is 1. The van der Waals surface area contributed by atoms with Gasteiger partial charge in [0.1, 0.15) is 10.6 Å². The highest BCUT2D eigenvalue weighted by molar-refractivity contribution is 7.89. The molecule has 10 heteroatoms. The summed E-state index contributed by atoms with van der Waals surface area (Å²) in [6, 6.07) is 6.28. The number of carbonyl (C=O) groups is 2. The zero-order valence-corrected chi connectivity index (χ0v) is 16.4. The van der Waals surface area contributed by atoms with Crippen molar-refractivity contribution in [2.45, 2.75) is 17.7 Å². The zero-order valence-electron chi connectivity index (χ0n) is 15.6. The largest absolute Gasteiger partial charge is 0.466 e. The van der Waals surface area contributed by atoms with Crippen LogP contribution in [0.4, 0.5) is 5.69 Å². The summed E-state index contributed by atoms with van der Waals surface area (Å²) in [5.74, 6) is -1.18. The van der Waals surface area contributed by atoms with Gasteiger partial charge in [0.05, 0.1) is 31.5 Å². The Kier molecular flexibility index (Phi) is 6.01. The SMILES string of the molecule is COC(=O)C1=C(Nc2ccccc2S(=O)(=O)N2CCCC2)C(=O)N(CCO)C1. The third-order valence-corrected chi connectivity index (χ3v) is 6.74. The number of methoxy groups -OCH3 is 1. The number of nitrogens with one attached hydrogen (secondary N) is 1. The van der Waals surface area contributed by atoms with E-state index in [-0.39, 0.29) is 41.5 Å². The van der Waals surface area contributed by atoms with Gasteiger partial charge in [-0.25, -0.2) is 13.2 Å². The highest BCUT2D eigenvalue weighted by Gasteiger charge is 2.36. The average Bonchev–Trinajstić information content (AvgIpc) is 3.33. The summed E-state index contributed by atoms with van der Waals surface area (Å²) in [6.07, 6.45) is 1.61. The maximum Gasteiger partial charge on any atom is 0.337 e. The van der Waals surface area contributed by atoms with Gasteiger partial charge >= 0.3 is 5.97 Å². The van der Waals surface area contributed by atoms with Crippen molar-refractivity contribution < 1.29 is 27.9 Å². The summed E-state index contributed by atoms with van der Waals surface area (Å²) in [7, 11) is -2.52. The number of nitrogens with zero attached hydrogens (tertiary/aromatic N) is 2. The van der Waals surface area contributed by atoms with Gasteiger partial charge in [0.2, 0.25) is 10.0 Å². The molecule has 0 radical (unpaired) electrons. The number of sulfonamides is 1. The summed E-state index contributed by atoms with van der Waals surface area (Å²) >= 11 is 0. The van der Waals surface area contributed by atoms with Crippen LogP contribution in [-0.4, -0.2) is 74.5 Å². The number of para-hydroxylation sites is 1. The van der Waals surface area contributed by atoms with E-state index in [1.165, 1.54) is 22.4 Å². The Bertz CT molecular complexity index is 906. The van der Waals surface area contributed by atoms with E-state index in [4.69, 9.17) is 9.84 Å². The van der Waals surface area contributed by atoms with Crippen LogP contribution in [0.2, 0.25) is 0 Å². The molecule has 2 N–H and O–H groups in total. The number of aliphatic hydroxyl groups excluding tert-OH is 1. The van der Waals surface area contributed by atoms with Crippen LogP contribution in [0.5, 0.6) is 0 Å². The Hall–Kier alpha value is -2.43. The van der Waals surface area contributed by atoms with Gasteiger partial charge in [-0.3, -0.25) is 4.79 Å². The molecule has 0 aromatic heterocycles. The molecule has 0 spiro atoms. The maximum absolute atomic E-state index is 13.0. The molecule has 0 unspecified atom stereocenters. The highest BCUT2D eigenvalue weighted by atomic mass is 32.2. The Balaban J connectivity index is 1.98. The van der Waals surface area contributed by atoms with Crippen LogP contribution in [0.1, 0.15) is 12.8 Å². The molecule has 1 saturated heterocycles. The van der Waals surface area contributed by atoms with Gasteiger partial charge in [-0.2, -0.15) is 4.31 Å². The van der Waals surface area contributed by atoms with Crippen LogP contribution in [0.15, 0.2) is 40.4 Å². The number of ether oxygens (including phenoxy) is 1. The highest BCUT2D eigenvalue weighted by Crippen LogP contribution is 2.30. The number of benzene rings is 1. The number of hydrogen-bond acceptors (Lipinski definition) is 7. The number of amides is 1. The molecule has 2 heterocycles. The Morgan fingerprint density at radius 1 is 1.25 bits per heavy atom. The van der Waals surface area contributed by atoms with Crippen molar-refractivity contribution in [1.82, 2.24) is 9.21 Å². The standard InChI is InChI=1S/C18H23N3O6S/c1-27-18(24)13-12-20(10-11-22)17(23)16(13)19-14-6-2-3-7-15(14)28(25,26)21-8-4-5-9-21/h2-3,6-7,19,22H,4-5,8-12H2,1H3. The van der Waals surface area contributed by atoms with Crippen molar-refractivity contribution in [3.05, 3.63) is 35.5 Å². The van der Waals surface area contributed by atoms with Crippen LogP contribution < -0.4 is 5.32 Å². The van der Waals surface area contributed by atoms with Crippen LogP contribution >= 0.6 is 0 Å². The fourth-order valence-electron chi connectivity index (χ4n) is 3.35. The van der Waals surface area contributed by atoms with Gasteiger partial charge in [0.15, 0.2) is 0 Å². The minimum atomic E-state index is -3.73. The van der Waals surface area contributed by atoms with Crippen molar-refractivity contribution in [3.8, 4) is 0 Å². The summed E-state index contributed by atoms with van der Waals surface area (Å²) < 4.78 is 32.2. The molecule has 0 aliphatic carbocycles. The number of carbonyl (C=O) groups excluding carboxylic acids is 2. The molecule has 1 aromatic rings. The Labute approximate surface area is 163 Å². The summed E-state index contributed by atoms with van der Waals surface area (Å²) in [5.41, 5.74) is 0.267. The van der Waals surface area contributed by atoms with E-state index < -0.39 is 21.9 Å². The molecule has 1 aromatic carbocycles. The molecule has 2 aliphatic heterocycles. The molecular formula is C18H23N3O6S. The summed E-state index contributed by atoms with van der Waals surface area (Å²) in [5, 5.41) is 12.0. The molecule has 1 fully saturated rings. The smallest absolute Gasteiger partial charge is 0.337 e.